The first-order valence-corrected chi connectivity index (χ1v) is 8.22. The smallest absolute Gasteiger partial charge is 0.227 e. The van der Waals surface area contributed by atoms with Gasteiger partial charge in [-0.25, -0.2) is 0 Å². The van der Waals surface area contributed by atoms with E-state index in [1.807, 2.05) is 23.1 Å². The van der Waals surface area contributed by atoms with Crippen LogP contribution in [-0.2, 0) is 11.2 Å². The number of nitrogens with zero attached hydrogens (tertiary/aromatic N) is 1. The van der Waals surface area contributed by atoms with E-state index < -0.39 is 0 Å². The van der Waals surface area contributed by atoms with E-state index >= 15 is 0 Å². The molecular weight excluding hydrogens is 290 g/mol. The lowest BCUT2D eigenvalue weighted by atomic mass is 10.1. The van der Waals surface area contributed by atoms with Crippen LogP contribution in [0.4, 0.5) is 0 Å². The third-order valence-corrected chi connectivity index (χ3v) is 3.73. The summed E-state index contributed by atoms with van der Waals surface area (Å²) in [5.41, 5.74) is 1.69. The zero-order chi connectivity index (χ0) is 17.0. The second kappa shape index (κ2) is 7.53. The first kappa shape index (κ1) is 17.4. The third-order valence-electron chi connectivity index (χ3n) is 3.73. The molecule has 4 heteroatoms. The van der Waals surface area contributed by atoms with Crippen LogP contribution in [0.25, 0.3) is 11.0 Å². The third kappa shape index (κ3) is 4.50. The quantitative estimate of drug-likeness (QED) is 0.771. The molecule has 0 saturated carbocycles. The van der Waals surface area contributed by atoms with Crippen LogP contribution in [-0.4, -0.2) is 31.0 Å². The maximum atomic E-state index is 12.7. The Labute approximate surface area is 138 Å². The van der Waals surface area contributed by atoms with E-state index in [4.69, 9.17) is 9.15 Å². The van der Waals surface area contributed by atoms with Crippen molar-refractivity contribution < 1.29 is 13.9 Å². The van der Waals surface area contributed by atoms with Crippen molar-refractivity contribution >= 4 is 16.9 Å². The summed E-state index contributed by atoms with van der Waals surface area (Å²) in [6, 6.07) is 5.70. The number of hydrogen-bond donors (Lipinski definition) is 0. The highest BCUT2D eigenvalue weighted by Gasteiger charge is 2.19. The molecule has 0 bridgehead atoms. The van der Waals surface area contributed by atoms with Crippen LogP contribution in [0.15, 0.2) is 28.9 Å². The number of methoxy groups -OCH3 is 1. The molecule has 1 aromatic heterocycles. The van der Waals surface area contributed by atoms with Gasteiger partial charge >= 0.3 is 0 Å². The molecule has 2 aromatic rings. The van der Waals surface area contributed by atoms with Gasteiger partial charge in [-0.15, -0.1) is 0 Å². The highest BCUT2D eigenvalue weighted by Crippen LogP contribution is 2.26. The number of benzene rings is 1. The Morgan fingerprint density at radius 1 is 1.17 bits per heavy atom. The van der Waals surface area contributed by atoms with Crippen molar-refractivity contribution in [2.75, 3.05) is 20.2 Å². The minimum atomic E-state index is 0.158. The molecule has 0 aliphatic heterocycles. The summed E-state index contributed by atoms with van der Waals surface area (Å²) in [5, 5.41) is 0.980. The summed E-state index contributed by atoms with van der Waals surface area (Å²) in [5.74, 6) is 1.84. The average Bonchev–Trinajstić information content (AvgIpc) is 2.87. The maximum absolute atomic E-state index is 12.7. The number of fused-ring (bicyclic) bond motifs is 1. The van der Waals surface area contributed by atoms with Crippen LogP contribution in [0.2, 0.25) is 0 Å². The van der Waals surface area contributed by atoms with Crippen molar-refractivity contribution in [3.05, 3.63) is 30.0 Å². The predicted octanol–water partition coefficient (Wildman–Crippen LogP) is 4.12. The van der Waals surface area contributed by atoms with Crippen molar-refractivity contribution in [2.24, 2.45) is 11.8 Å². The van der Waals surface area contributed by atoms with Crippen molar-refractivity contribution in [1.82, 2.24) is 4.90 Å². The minimum absolute atomic E-state index is 0.158. The lowest BCUT2D eigenvalue weighted by molar-refractivity contribution is -0.131. The topological polar surface area (TPSA) is 42.7 Å². The SMILES string of the molecule is COc1ccc2c(CC(=O)N(CC(C)C)CC(C)C)coc2c1. The van der Waals surface area contributed by atoms with Gasteiger partial charge in [-0.3, -0.25) is 4.79 Å². The van der Waals surface area contributed by atoms with Crippen LogP contribution in [0.5, 0.6) is 5.75 Å². The Kier molecular flexibility index (Phi) is 5.69. The molecule has 0 unspecified atom stereocenters. The molecule has 2 rings (SSSR count). The molecule has 1 amide bonds. The number of carbonyl (C=O) groups excluding carboxylic acids is 1. The van der Waals surface area contributed by atoms with Gasteiger partial charge in [0, 0.05) is 30.1 Å². The molecule has 0 N–H and O–H groups in total. The first-order valence-electron chi connectivity index (χ1n) is 8.22. The normalized spacial score (nSPS) is 11.4. The molecule has 0 fully saturated rings. The zero-order valence-corrected chi connectivity index (χ0v) is 14.8. The highest BCUT2D eigenvalue weighted by atomic mass is 16.5. The first-order chi connectivity index (χ1) is 10.9. The van der Waals surface area contributed by atoms with E-state index in [1.54, 1.807) is 13.4 Å². The molecule has 0 aliphatic rings. The molecule has 0 saturated heterocycles. The summed E-state index contributed by atoms with van der Waals surface area (Å²) in [6.07, 6.45) is 2.06. The summed E-state index contributed by atoms with van der Waals surface area (Å²) in [7, 11) is 1.63. The Morgan fingerprint density at radius 3 is 2.39 bits per heavy atom. The molecule has 4 nitrogen and oxygen atoms in total. The fourth-order valence-electron chi connectivity index (χ4n) is 2.76. The minimum Gasteiger partial charge on any atom is -0.497 e. The zero-order valence-electron chi connectivity index (χ0n) is 14.8. The average molecular weight is 317 g/mol. The summed E-state index contributed by atoms with van der Waals surface area (Å²) < 4.78 is 10.8. The van der Waals surface area contributed by atoms with Crippen LogP contribution < -0.4 is 4.74 Å². The predicted molar refractivity (Wildman–Crippen MR) is 92.7 cm³/mol. The second-order valence-electron chi connectivity index (χ2n) is 6.89. The lowest BCUT2D eigenvalue weighted by Gasteiger charge is -2.26. The summed E-state index contributed by atoms with van der Waals surface area (Å²) in [4.78, 5) is 14.7. The number of carbonyl (C=O) groups is 1. The van der Waals surface area contributed by atoms with Gasteiger partial charge in [0.1, 0.15) is 11.3 Å². The molecule has 0 spiro atoms. The molecule has 126 valence electrons. The van der Waals surface area contributed by atoms with Crippen molar-refractivity contribution in [2.45, 2.75) is 34.1 Å². The number of furan rings is 1. The van der Waals surface area contributed by atoms with E-state index in [0.717, 1.165) is 35.4 Å². The molecular formula is C19H27NO3. The fraction of sp³-hybridized carbons (Fsp3) is 0.526. The fourth-order valence-corrected chi connectivity index (χ4v) is 2.76. The lowest BCUT2D eigenvalue weighted by Crippen LogP contribution is -2.37. The van der Waals surface area contributed by atoms with Gasteiger partial charge in [-0.05, 0) is 24.0 Å². The van der Waals surface area contributed by atoms with E-state index in [2.05, 4.69) is 27.7 Å². The van der Waals surface area contributed by atoms with E-state index in [-0.39, 0.29) is 5.91 Å². The van der Waals surface area contributed by atoms with E-state index in [1.165, 1.54) is 0 Å². The van der Waals surface area contributed by atoms with Crippen LogP contribution in [0.1, 0.15) is 33.3 Å². The largest absolute Gasteiger partial charge is 0.497 e. The van der Waals surface area contributed by atoms with Crippen molar-refractivity contribution in [1.29, 1.82) is 0 Å². The number of rotatable bonds is 7. The van der Waals surface area contributed by atoms with Gasteiger partial charge in [0.05, 0.1) is 19.8 Å². The number of amides is 1. The van der Waals surface area contributed by atoms with Gasteiger partial charge in [0.2, 0.25) is 5.91 Å². The van der Waals surface area contributed by atoms with Gasteiger partial charge in [-0.1, -0.05) is 27.7 Å². The Bertz CT molecular complexity index is 648. The molecule has 0 aliphatic carbocycles. The Hall–Kier alpha value is -1.97. The van der Waals surface area contributed by atoms with Crippen LogP contribution in [0, 0.1) is 11.8 Å². The van der Waals surface area contributed by atoms with Gasteiger partial charge < -0.3 is 14.1 Å². The van der Waals surface area contributed by atoms with Crippen LogP contribution in [0.3, 0.4) is 0 Å². The number of hydrogen-bond acceptors (Lipinski definition) is 3. The van der Waals surface area contributed by atoms with Crippen molar-refractivity contribution in [3.63, 3.8) is 0 Å². The number of ether oxygens (including phenoxy) is 1. The Morgan fingerprint density at radius 2 is 1.83 bits per heavy atom. The van der Waals surface area contributed by atoms with Crippen LogP contribution >= 0.6 is 0 Å². The van der Waals surface area contributed by atoms with Crippen molar-refractivity contribution in [3.8, 4) is 5.75 Å². The van der Waals surface area contributed by atoms with E-state index in [0.29, 0.717) is 18.3 Å². The summed E-state index contributed by atoms with van der Waals surface area (Å²) in [6.45, 7) is 10.1. The molecule has 0 radical (unpaired) electrons. The molecule has 1 aromatic carbocycles. The second-order valence-corrected chi connectivity index (χ2v) is 6.89. The monoisotopic (exact) mass is 317 g/mol. The maximum Gasteiger partial charge on any atom is 0.227 e. The molecule has 23 heavy (non-hydrogen) atoms. The van der Waals surface area contributed by atoms with Gasteiger partial charge in [-0.2, -0.15) is 0 Å². The standard InChI is InChI=1S/C19H27NO3/c1-13(2)10-20(11-14(3)4)19(21)8-15-12-23-18-9-16(22-5)6-7-17(15)18/h6-7,9,12-14H,8,10-11H2,1-5H3. The van der Waals surface area contributed by atoms with Gasteiger partial charge in [0.15, 0.2) is 0 Å². The summed E-state index contributed by atoms with van der Waals surface area (Å²) >= 11 is 0. The van der Waals surface area contributed by atoms with E-state index in [9.17, 15) is 4.79 Å². The Balaban J connectivity index is 2.17. The molecule has 1 heterocycles. The highest BCUT2D eigenvalue weighted by molar-refractivity contribution is 5.88. The van der Waals surface area contributed by atoms with Gasteiger partial charge in [0.25, 0.3) is 0 Å². The molecule has 0 atom stereocenters.